The molecule has 1 aromatic carbocycles. The van der Waals surface area contributed by atoms with Gasteiger partial charge in [-0.25, -0.2) is 4.79 Å². The summed E-state index contributed by atoms with van der Waals surface area (Å²) in [7, 11) is 1.27. The van der Waals surface area contributed by atoms with Crippen molar-refractivity contribution in [1.82, 2.24) is 5.32 Å². The number of esters is 1. The van der Waals surface area contributed by atoms with Gasteiger partial charge >= 0.3 is 5.97 Å². The van der Waals surface area contributed by atoms with Crippen LogP contribution in [0, 0.1) is 5.41 Å². The Morgan fingerprint density at radius 3 is 2.69 bits per heavy atom. The quantitative estimate of drug-likeness (QED) is 0.824. The monoisotopic (exact) mass is 356 g/mol. The maximum absolute atomic E-state index is 12.7. The highest BCUT2D eigenvalue weighted by molar-refractivity contribution is 6.14. The summed E-state index contributed by atoms with van der Waals surface area (Å²) in [5.74, 6) is -0.949. The first-order valence-electron chi connectivity index (χ1n) is 8.19. The van der Waals surface area contributed by atoms with Crippen molar-refractivity contribution >= 4 is 23.5 Å². The number of benzene rings is 1. The van der Waals surface area contributed by atoms with Gasteiger partial charge in [0, 0.05) is 13.0 Å². The fourth-order valence-electron chi connectivity index (χ4n) is 2.92. The lowest BCUT2D eigenvalue weighted by molar-refractivity contribution is 0.0601. The second-order valence-electron chi connectivity index (χ2n) is 6.96. The van der Waals surface area contributed by atoms with Crippen LogP contribution >= 0.6 is 0 Å². The number of carbonyl (C=O) groups excluding carboxylic acids is 3. The summed E-state index contributed by atoms with van der Waals surface area (Å²) in [4.78, 5) is 37.0. The molecule has 0 saturated carbocycles. The third kappa shape index (κ3) is 3.33. The zero-order chi connectivity index (χ0) is 18.9. The largest absolute Gasteiger partial charge is 0.468 e. The molecule has 1 aliphatic heterocycles. The molecule has 2 amide bonds. The Morgan fingerprint density at radius 2 is 1.96 bits per heavy atom. The summed E-state index contributed by atoms with van der Waals surface area (Å²) in [5.41, 5.74) is 0.722. The minimum atomic E-state index is -0.564. The fraction of sp³-hybridized carbons (Fsp3) is 0.316. The van der Waals surface area contributed by atoms with Gasteiger partial charge in [-0.05, 0) is 17.5 Å². The van der Waals surface area contributed by atoms with E-state index in [0.717, 1.165) is 0 Å². The highest BCUT2D eigenvalue weighted by Gasteiger charge is 2.33. The van der Waals surface area contributed by atoms with E-state index in [4.69, 9.17) is 9.15 Å². The Morgan fingerprint density at radius 1 is 1.23 bits per heavy atom. The van der Waals surface area contributed by atoms with Crippen molar-refractivity contribution in [3.05, 3.63) is 53.0 Å². The van der Waals surface area contributed by atoms with Gasteiger partial charge in [0.25, 0.3) is 11.8 Å². The van der Waals surface area contributed by atoms with E-state index in [-0.39, 0.29) is 28.0 Å². The SMILES string of the molecule is COC(=O)c1ccccc1NC(=O)c1coc2c1C(=O)NCC(C)(C)C2. The lowest BCUT2D eigenvalue weighted by Crippen LogP contribution is -2.32. The molecule has 1 aromatic heterocycles. The number of fused-ring (bicyclic) bond motifs is 1. The Hall–Kier alpha value is -3.09. The van der Waals surface area contributed by atoms with Crippen molar-refractivity contribution in [2.75, 3.05) is 19.0 Å². The van der Waals surface area contributed by atoms with Gasteiger partial charge in [0.2, 0.25) is 0 Å². The molecule has 136 valence electrons. The number of hydrogen-bond donors (Lipinski definition) is 2. The van der Waals surface area contributed by atoms with Gasteiger partial charge in [0.05, 0.1) is 29.5 Å². The third-order valence-electron chi connectivity index (χ3n) is 4.29. The predicted octanol–water partition coefficient (Wildman–Crippen LogP) is 2.63. The molecular formula is C19H20N2O5. The maximum Gasteiger partial charge on any atom is 0.339 e. The van der Waals surface area contributed by atoms with Crippen LogP contribution in [0.3, 0.4) is 0 Å². The molecule has 3 rings (SSSR count). The highest BCUT2D eigenvalue weighted by Crippen LogP contribution is 2.30. The summed E-state index contributed by atoms with van der Waals surface area (Å²) < 4.78 is 10.2. The zero-order valence-electron chi connectivity index (χ0n) is 14.8. The molecule has 0 radical (unpaired) electrons. The molecule has 7 nitrogen and oxygen atoms in total. The predicted molar refractivity (Wildman–Crippen MR) is 94.3 cm³/mol. The maximum atomic E-state index is 12.7. The first-order valence-corrected chi connectivity index (χ1v) is 8.19. The van der Waals surface area contributed by atoms with E-state index >= 15 is 0 Å². The molecule has 7 heteroatoms. The summed E-state index contributed by atoms with van der Waals surface area (Å²) in [6, 6.07) is 6.49. The standard InChI is InChI=1S/C19H20N2O5/c1-19(2)8-14-15(17(23)20-10-19)12(9-26-14)16(22)21-13-7-5-4-6-11(13)18(24)25-3/h4-7,9H,8,10H2,1-3H3,(H,20,23)(H,21,22). The van der Waals surface area contributed by atoms with Crippen LogP contribution in [0.25, 0.3) is 0 Å². The molecule has 2 heterocycles. The van der Waals surface area contributed by atoms with Crippen molar-refractivity contribution in [3.8, 4) is 0 Å². The number of anilines is 1. The molecule has 26 heavy (non-hydrogen) atoms. The first kappa shape index (κ1) is 17.7. The highest BCUT2D eigenvalue weighted by atomic mass is 16.5. The van der Waals surface area contributed by atoms with Gasteiger partial charge in [0.1, 0.15) is 12.0 Å². The van der Waals surface area contributed by atoms with Gasteiger partial charge < -0.3 is 19.8 Å². The minimum absolute atomic E-state index is 0.134. The summed E-state index contributed by atoms with van der Waals surface area (Å²) in [6.45, 7) is 4.51. The van der Waals surface area contributed by atoms with Gasteiger partial charge in [-0.15, -0.1) is 0 Å². The number of furan rings is 1. The van der Waals surface area contributed by atoms with E-state index in [1.807, 2.05) is 13.8 Å². The number of carbonyl (C=O) groups is 3. The van der Waals surface area contributed by atoms with Crippen LogP contribution in [0.2, 0.25) is 0 Å². The average Bonchev–Trinajstić information content (AvgIpc) is 2.97. The molecule has 0 aliphatic carbocycles. The Balaban J connectivity index is 1.93. The minimum Gasteiger partial charge on any atom is -0.468 e. The molecule has 2 aromatic rings. The van der Waals surface area contributed by atoms with E-state index in [9.17, 15) is 14.4 Å². The molecule has 0 unspecified atom stereocenters. The van der Waals surface area contributed by atoms with E-state index in [2.05, 4.69) is 10.6 Å². The van der Waals surface area contributed by atoms with Crippen LogP contribution in [0.4, 0.5) is 5.69 Å². The van der Waals surface area contributed by atoms with Crippen molar-refractivity contribution in [3.63, 3.8) is 0 Å². The summed E-state index contributed by atoms with van der Waals surface area (Å²) >= 11 is 0. The van der Waals surface area contributed by atoms with Crippen LogP contribution in [0.1, 0.15) is 50.7 Å². The van der Waals surface area contributed by atoms with E-state index in [0.29, 0.717) is 24.4 Å². The number of rotatable bonds is 3. The number of methoxy groups -OCH3 is 1. The van der Waals surface area contributed by atoms with Gasteiger partial charge in [-0.1, -0.05) is 26.0 Å². The van der Waals surface area contributed by atoms with Crippen LogP contribution < -0.4 is 10.6 Å². The van der Waals surface area contributed by atoms with Crippen LogP contribution in [-0.2, 0) is 11.2 Å². The molecule has 0 fully saturated rings. The second-order valence-corrected chi connectivity index (χ2v) is 6.96. The number of hydrogen-bond acceptors (Lipinski definition) is 5. The van der Waals surface area contributed by atoms with Gasteiger partial charge in [-0.2, -0.15) is 0 Å². The van der Waals surface area contributed by atoms with Crippen molar-refractivity contribution < 1.29 is 23.5 Å². The average molecular weight is 356 g/mol. The van der Waals surface area contributed by atoms with Crippen LogP contribution in [-0.4, -0.2) is 31.4 Å². The van der Waals surface area contributed by atoms with E-state index < -0.39 is 11.9 Å². The second kappa shape index (κ2) is 6.67. The third-order valence-corrected chi connectivity index (χ3v) is 4.29. The number of para-hydroxylation sites is 1. The molecule has 1 aliphatic rings. The molecule has 0 bridgehead atoms. The van der Waals surface area contributed by atoms with Crippen molar-refractivity contribution in [2.24, 2.45) is 5.41 Å². The summed E-state index contributed by atoms with van der Waals surface area (Å²) in [6.07, 6.45) is 1.81. The fourth-order valence-corrected chi connectivity index (χ4v) is 2.92. The van der Waals surface area contributed by atoms with E-state index in [1.54, 1.807) is 24.3 Å². The molecule has 0 spiro atoms. The lowest BCUT2D eigenvalue weighted by atomic mass is 9.88. The Bertz CT molecular complexity index is 882. The molecule has 0 saturated heterocycles. The van der Waals surface area contributed by atoms with Crippen LogP contribution in [0.15, 0.2) is 34.9 Å². The first-order chi connectivity index (χ1) is 12.3. The Labute approximate surface area is 150 Å². The van der Waals surface area contributed by atoms with Gasteiger partial charge in [-0.3, -0.25) is 9.59 Å². The van der Waals surface area contributed by atoms with Crippen LogP contribution in [0.5, 0.6) is 0 Å². The normalized spacial score (nSPS) is 15.4. The van der Waals surface area contributed by atoms with Gasteiger partial charge in [0.15, 0.2) is 0 Å². The smallest absolute Gasteiger partial charge is 0.339 e. The van der Waals surface area contributed by atoms with Crippen molar-refractivity contribution in [2.45, 2.75) is 20.3 Å². The molecule has 2 N–H and O–H groups in total. The van der Waals surface area contributed by atoms with Crippen molar-refractivity contribution in [1.29, 1.82) is 0 Å². The topological polar surface area (TPSA) is 97.6 Å². The number of ether oxygens (including phenoxy) is 1. The zero-order valence-corrected chi connectivity index (χ0v) is 14.8. The lowest BCUT2D eigenvalue weighted by Gasteiger charge is -2.20. The Kier molecular flexibility index (Phi) is 4.54. The molecule has 0 atom stereocenters. The van der Waals surface area contributed by atoms with E-state index in [1.165, 1.54) is 13.4 Å². The number of nitrogens with one attached hydrogen (secondary N) is 2. The summed E-state index contributed by atoms with van der Waals surface area (Å²) in [5, 5.41) is 5.48. The number of amides is 2. The molecular weight excluding hydrogens is 336 g/mol.